The molecule has 1 atom stereocenters. The van der Waals surface area contributed by atoms with Gasteiger partial charge in [-0.15, -0.1) is 0 Å². The van der Waals surface area contributed by atoms with Crippen LogP contribution < -0.4 is 10.6 Å². The minimum absolute atomic E-state index is 0.0213. The summed E-state index contributed by atoms with van der Waals surface area (Å²) < 4.78 is 5.81. The van der Waals surface area contributed by atoms with E-state index in [1.807, 2.05) is 6.20 Å². The Morgan fingerprint density at radius 1 is 1.36 bits per heavy atom. The van der Waals surface area contributed by atoms with Crippen LogP contribution in [0.15, 0.2) is 15.6 Å². The Labute approximate surface area is 152 Å². The van der Waals surface area contributed by atoms with Gasteiger partial charge in [-0.2, -0.15) is 0 Å². The molecule has 0 bridgehead atoms. The van der Waals surface area contributed by atoms with Gasteiger partial charge in [0, 0.05) is 25.0 Å². The first-order valence-electron chi connectivity index (χ1n) is 9.43. The molecular weight excluding hydrogens is 314 g/mol. The number of hydrogen-bond donors (Lipinski definition) is 2. The van der Waals surface area contributed by atoms with Gasteiger partial charge >= 0.3 is 0 Å². The third-order valence-electron chi connectivity index (χ3n) is 4.93. The Balaban J connectivity index is 1.76. The second-order valence-corrected chi connectivity index (χ2v) is 8.24. The number of aliphatic imine (C=N–C) groups is 1. The third-order valence-corrected chi connectivity index (χ3v) is 4.93. The standard InChI is InChI=1S/C19H35N5O/c1-14-7-9-24(10-8-14)15(2)11-22-18(20-6)23-13-17-21-12-16(25-17)19(3,4)5/h12,14-15H,7-11,13H2,1-6H3,(H2,20,22,23). The van der Waals surface area contributed by atoms with Crippen molar-refractivity contribution in [1.82, 2.24) is 20.5 Å². The number of hydrogen-bond acceptors (Lipinski definition) is 4. The molecule has 0 aliphatic carbocycles. The van der Waals surface area contributed by atoms with E-state index >= 15 is 0 Å². The first kappa shape index (κ1) is 19.8. The smallest absolute Gasteiger partial charge is 0.213 e. The molecule has 0 amide bonds. The van der Waals surface area contributed by atoms with Crippen LogP contribution in [-0.4, -0.2) is 48.6 Å². The highest BCUT2D eigenvalue weighted by Crippen LogP contribution is 2.22. The lowest BCUT2D eigenvalue weighted by molar-refractivity contribution is 0.147. The summed E-state index contributed by atoms with van der Waals surface area (Å²) in [5.41, 5.74) is -0.0213. The summed E-state index contributed by atoms with van der Waals surface area (Å²) in [6.45, 7) is 14.8. The zero-order valence-corrected chi connectivity index (χ0v) is 16.7. The van der Waals surface area contributed by atoms with Crippen molar-refractivity contribution < 1.29 is 4.42 Å². The zero-order chi connectivity index (χ0) is 18.4. The maximum atomic E-state index is 5.81. The molecule has 142 valence electrons. The van der Waals surface area contributed by atoms with Gasteiger partial charge in [0.15, 0.2) is 5.96 Å². The molecule has 1 aliphatic heterocycles. The van der Waals surface area contributed by atoms with E-state index in [9.17, 15) is 0 Å². The van der Waals surface area contributed by atoms with Crippen LogP contribution in [-0.2, 0) is 12.0 Å². The molecule has 1 aromatic rings. The first-order chi connectivity index (χ1) is 11.8. The monoisotopic (exact) mass is 349 g/mol. The average molecular weight is 350 g/mol. The van der Waals surface area contributed by atoms with Crippen molar-refractivity contribution in [3.8, 4) is 0 Å². The molecule has 1 fully saturated rings. The van der Waals surface area contributed by atoms with Gasteiger partial charge in [0.2, 0.25) is 5.89 Å². The van der Waals surface area contributed by atoms with Crippen LogP contribution in [0, 0.1) is 5.92 Å². The molecule has 0 radical (unpaired) electrons. The van der Waals surface area contributed by atoms with Crippen LogP contribution in [0.5, 0.6) is 0 Å². The number of piperidine rings is 1. The van der Waals surface area contributed by atoms with Crippen LogP contribution in [0.4, 0.5) is 0 Å². The number of guanidine groups is 1. The fourth-order valence-electron chi connectivity index (χ4n) is 2.96. The Hall–Kier alpha value is -1.56. The summed E-state index contributed by atoms with van der Waals surface area (Å²) >= 11 is 0. The SMILES string of the molecule is CN=C(NCc1ncc(C(C)(C)C)o1)NCC(C)N1CCC(C)CC1. The highest BCUT2D eigenvalue weighted by atomic mass is 16.4. The van der Waals surface area contributed by atoms with Gasteiger partial charge in [-0.25, -0.2) is 4.98 Å². The largest absolute Gasteiger partial charge is 0.443 e. The lowest BCUT2D eigenvalue weighted by Crippen LogP contribution is -2.48. The molecule has 0 spiro atoms. The van der Waals surface area contributed by atoms with Gasteiger partial charge in [-0.1, -0.05) is 27.7 Å². The van der Waals surface area contributed by atoms with Gasteiger partial charge in [0.1, 0.15) is 5.76 Å². The van der Waals surface area contributed by atoms with Crippen LogP contribution in [0.1, 0.15) is 59.1 Å². The molecule has 0 aromatic carbocycles. The molecule has 1 aliphatic rings. The molecule has 0 saturated carbocycles. The molecule has 2 N–H and O–H groups in total. The van der Waals surface area contributed by atoms with E-state index in [-0.39, 0.29) is 5.41 Å². The lowest BCUT2D eigenvalue weighted by Gasteiger charge is -2.35. The molecule has 6 heteroatoms. The van der Waals surface area contributed by atoms with Gasteiger partial charge in [-0.05, 0) is 38.8 Å². The molecule has 1 saturated heterocycles. The average Bonchev–Trinajstić information content (AvgIpc) is 3.04. The molecule has 1 aromatic heterocycles. The summed E-state index contributed by atoms with van der Waals surface area (Å²) in [6.07, 6.45) is 4.42. The molecule has 2 rings (SSSR count). The fraction of sp³-hybridized carbons (Fsp3) is 0.789. The number of rotatable bonds is 5. The van der Waals surface area contributed by atoms with Crippen molar-refractivity contribution in [1.29, 1.82) is 0 Å². The van der Waals surface area contributed by atoms with Gasteiger partial charge in [0.25, 0.3) is 0 Å². The van der Waals surface area contributed by atoms with Crippen molar-refractivity contribution in [2.45, 2.75) is 65.5 Å². The van der Waals surface area contributed by atoms with Crippen LogP contribution in [0.25, 0.3) is 0 Å². The van der Waals surface area contributed by atoms with Gasteiger partial charge < -0.3 is 15.1 Å². The zero-order valence-electron chi connectivity index (χ0n) is 16.7. The molecule has 6 nitrogen and oxygen atoms in total. The van der Waals surface area contributed by atoms with Crippen molar-refractivity contribution in [3.05, 3.63) is 17.8 Å². The van der Waals surface area contributed by atoms with E-state index < -0.39 is 0 Å². The predicted molar refractivity (Wildman–Crippen MR) is 103 cm³/mol. The van der Waals surface area contributed by atoms with Crippen molar-refractivity contribution >= 4 is 5.96 Å². The Bertz CT molecular complexity index is 552. The van der Waals surface area contributed by atoms with Gasteiger partial charge in [-0.3, -0.25) is 9.89 Å². The summed E-state index contributed by atoms with van der Waals surface area (Å²) in [7, 11) is 1.79. The second kappa shape index (κ2) is 8.70. The van der Waals surface area contributed by atoms with E-state index in [2.05, 4.69) is 60.1 Å². The van der Waals surface area contributed by atoms with E-state index in [0.717, 1.165) is 24.2 Å². The van der Waals surface area contributed by atoms with E-state index in [0.29, 0.717) is 18.5 Å². The van der Waals surface area contributed by atoms with Gasteiger partial charge in [0.05, 0.1) is 12.7 Å². The Morgan fingerprint density at radius 2 is 2.04 bits per heavy atom. The third kappa shape index (κ3) is 6.03. The summed E-state index contributed by atoms with van der Waals surface area (Å²) in [6, 6.07) is 0.500. The van der Waals surface area contributed by atoms with Crippen LogP contribution in [0.3, 0.4) is 0 Å². The predicted octanol–water partition coefficient (Wildman–Crippen LogP) is 2.76. The van der Waals surface area contributed by atoms with E-state index in [1.54, 1.807) is 7.05 Å². The summed E-state index contributed by atoms with van der Waals surface area (Å²) in [5, 5.41) is 6.69. The minimum atomic E-state index is -0.0213. The second-order valence-electron chi connectivity index (χ2n) is 8.24. The minimum Gasteiger partial charge on any atom is -0.443 e. The van der Waals surface area contributed by atoms with Crippen molar-refractivity contribution in [2.24, 2.45) is 10.9 Å². The summed E-state index contributed by atoms with van der Waals surface area (Å²) in [5.74, 6) is 3.24. The highest BCUT2D eigenvalue weighted by molar-refractivity contribution is 5.79. The topological polar surface area (TPSA) is 65.7 Å². The molecule has 1 unspecified atom stereocenters. The van der Waals surface area contributed by atoms with Crippen molar-refractivity contribution in [3.63, 3.8) is 0 Å². The Kier molecular flexibility index (Phi) is 6.87. The molecular formula is C19H35N5O. The number of oxazole rings is 1. The number of nitrogens with zero attached hydrogens (tertiary/aromatic N) is 3. The lowest BCUT2D eigenvalue weighted by atomic mass is 9.94. The normalized spacial score (nSPS) is 19.0. The number of likely N-dealkylation sites (tertiary alicyclic amines) is 1. The number of aromatic nitrogens is 1. The van der Waals surface area contributed by atoms with E-state index in [1.165, 1.54) is 25.9 Å². The maximum absolute atomic E-state index is 5.81. The first-order valence-corrected chi connectivity index (χ1v) is 9.43. The Morgan fingerprint density at radius 3 is 2.60 bits per heavy atom. The molecule has 25 heavy (non-hydrogen) atoms. The summed E-state index contributed by atoms with van der Waals surface area (Å²) in [4.78, 5) is 11.2. The quantitative estimate of drug-likeness (QED) is 0.632. The van der Waals surface area contributed by atoms with E-state index in [4.69, 9.17) is 4.42 Å². The maximum Gasteiger partial charge on any atom is 0.213 e. The van der Waals surface area contributed by atoms with Crippen LogP contribution in [0.2, 0.25) is 0 Å². The van der Waals surface area contributed by atoms with Crippen molar-refractivity contribution in [2.75, 3.05) is 26.7 Å². The van der Waals surface area contributed by atoms with Crippen LogP contribution >= 0.6 is 0 Å². The fourth-order valence-corrected chi connectivity index (χ4v) is 2.96. The molecule has 2 heterocycles. The number of nitrogens with one attached hydrogen (secondary N) is 2. The highest BCUT2D eigenvalue weighted by Gasteiger charge is 2.21.